The molecule has 1 N–H and O–H groups in total. The second-order valence-corrected chi connectivity index (χ2v) is 13.1. The van der Waals surface area contributed by atoms with Crippen molar-refractivity contribution in [2.75, 3.05) is 0 Å². The summed E-state index contributed by atoms with van der Waals surface area (Å²) in [6, 6.07) is 0. The molecule has 0 aromatic carbocycles. The Labute approximate surface area is 237 Å². The van der Waals surface area contributed by atoms with Crippen LogP contribution in [0.4, 0.5) is 0 Å². The molecular weight excluding hydrogens is 484 g/mol. The van der Waals surface area contributed by atoms with Gasteiger partial charge in [-0.15, -0.1) is 0 Å². The largest absolute Gasteiger partial charge is 0.511 e. The van der Waals surface area contributed by atoms with Crippen molar-refractivity contribution in [1.29, 1.82) is 0 Å². The molecule has 2 rings (SSSR count). The first-order valence-electron chi connectivity index (χ1n) is 14.7. The van der Waals surface area contributed by atoms with Crippen LogP contribution in [0.15, 0.2) is 57.9 Å². The Morgan fingerprint density at radius 3 is 1.97 bits per heavy atom. The minimum atomic E-state index is -1.80. The number of ketones is 3. The highest BCUT2D eigenvalue weighted by atomic mass is 16.3. The number of hydrogen-bond acceptors (Lipinski definition) is 4. The van der Waals surface area contributed by atoms with Crippen LogP contribution in [0.25, 0.3) is 0 Å². The van der Waals surface area contributed by atoms with Gasteiger partial charge in [0.25, 0.3) is 0 Å². The summed E-state index contributed by atoms with van der Waals surface area (Å²) >= 11 is 0. The molecule has 2 bridgehead atoms. The van der Waals surface area contributed by atoms with E-state index < -0.39 is 22.0 Å². The molecule has 4 nitrogen and oxygen atoms in total. The van der Waals surface area contributed by atoms with E-state index in [9.17, 15) is 19.5 Å². The Bertz CT molecular complexity index is 1130. The van der Waals surface area contributed by atoms with E-state index in [1.165, 1.54) is 5.57 Å². The van der Waals surface area contributed by atoms with Gasteiger partial charge in [0.15, 0.2) is 22.8 Å². The molecule has 1 saturated carbocycles. The lowest BCUT2D eigenvalue weighted by atomic mass is 9.38. The molecule has 0 amide bonds. The second kappa shape index (κ2) is 12.8. The third-order valence-electron chi connectivity index (χ3n) is 8.98. The number of carbonyl (C=O) groups is 3. The van der Waals surface area contributed by atoms with E-state index in [4.69, 9.17) is 0 Å². The number of rotatable bonds is 12. The van der Waals surface area contributed by atoms with Gasteiger partial charge in [0, 0.05) is 12.0 Å². The van der Waals surface area contributed by atoms with Gasteiger partial charge in [-0.25, -0.2) is 0 Å². The van der Waals surface area contributed by atoms with E-state index in [0.717, 1.165) is 16.7 Å². The number of allylic oxidation sites excluding steroid dienone is 10. The van der Waals surface area contributed by atoms with E-state index in [2.05, 4.69) is 12.2 Å². The molecule has 1 fully saturated rings. The van der Waals surface area contributed by atoms with Gasteiger partial charge >= 0.3 is 0 Å². The zero-order valence-electron chi connectivity index (χ0n) is 26.2. The van der Waals surface area contributed by atoms with Crippen molar-refractivity contribution in [3.63, 3.8) is 0 Å². The SMILES string of the molecule is CCCC(=O)[C@]12C(=O)C(CC=C(C)C)=C(O)[C@@](CC=C(C)C)(C[C@@H](CC=C(C)C)[C@]1(C)CCC=C(C)C)C2=O. The first-order chi connectivity index (χ1) is 18.1. The fourth-order valence-corrected chi connectivity index (χ4v) is 6.76. The predicted molar refractivity (Wildman–Crippen MR) is 161 cm³/mol. The Balaban J connectivity index is 3.06. The topological polar surface area (TPSA) is 71.4 Å². The van der Waals surface area contributed by atoms with Gasteiger partial charge in [-0.3, -0.25) is 14.4 Å². The quantitative estimate of drug-likeness (QED) is 0.199. The van der Waals surface area contributed by atoms with Crippen LogP contribution in [0.1, 0.15) is 121 Å². The summed E-state index contributed by atoms with van der Waals surface area (Å²) in [5.74, 6) is -1.34. The van der Waals surface area contributed by atoms with Crippen LogP contribution in [-0.4, -0.2) is 22.5 Å². The summed E-state index contributed by atoms with van der Waals surface area (Å²) in [4.78, 5) is 44.1. The molecule has 0 saturated heterocycles. The average molecular weight is 537 g/mol. The van der Waals surface area contributed by atoms with Gasteiger partial charge < -0.3 is 5.11 Å². The van der Waals surface area contributed by atoms with Crippen LogP contribution < -0.4 is 0 Å². The molecule has 2 aliphatic carbocycles. The van der Waals surface area contributed by atoms with Gasteiger partial charge in [-0.1, -0.05) is 60.4 Å². The Kier molecular flexibility index (Phi) is 10.7. The number of fused-ring (bicyclic) bond motifs is 2. The molecule has 0 aromatic heterocycles. The monoisotopic (exact) mass is 536 g/mol. The number of Topliss-reactive ketones (excluding diaryl/α,β-unsaturated/α-hetero) is 3. The lowest BCUT2D eigenvalue weighted by Crippen LogP contribution is -2.70. The summed E-state index contributed by atoms with van der Waals surface area (Å²) in [7, 11) is 0. The lowest BCUT2D eigenvalue weighted by molar-refractivity contribution is -0.179. The highest BCUT2D eigenvalue weighted by molar-refractivity contribution is 6.33. The van der Waals surface area contributed by atoms with E-state index in [1.54, 1.807) is 0 Å². The summed E-state index contributed by atoms with van der Waals surface area (Å²) < 4.78 is 0. The Morgan fingerprint density at radius 1 is 0.897 bits per heavy atom. The smallest absolute Gasteiger partial charge is 0.184 e. The van der Waals surface area contributed by atoms with Crippen LogP contribution in [0.2, 0.25) is 0 Å². The molecule has 216 valence electrons. The molecule has 0 radical (unpaired) electrons. The molecule has 2 aliphatic rings. The minimum absolute atomic E-state index is 0.110. The molecule has 0 spiro atoms. The first kappa shape index (κ1) is 32.7. The maximum absolute atomic E-state index is 15.0. The minimum Gasteiger partial charge on any atom is -0.511 e. The third-order valence-corrected chi connectivity index (χ3v) is 8.98. The fraction of sp³-hybridized carbons (Fsp3) is 0.629. The fourth-order valence-electron chi connectivity index (χ4n) is 6.76. The van der Waals surface area contributed by atoms with Crippen LogP contribution >= 0.6 is 0 Å². The van der Waals surface area contributed by atoms with Crippen LogP contribution in [0, 0.1) is 22.2 Å². The maximum atomic E-state index is 15.0. The molecular formula is C35H52O4. The first-order valence-corrected chi connectivity index (χ1v) is 14.7. The summed E-state index contributed by atoms with van der Waals surface area (Å²) in [6.45, 7) is 20.0. The third kappa shape index (κ3) is 6.00. The number of hydrogen-bond donors (Lipinski definition) is 1. The van der Waals surface area contributed by atoms with Crippen molar-refractivity contribution < 1.29 is 19.5 Å². The zero-order valence-corrected chi connectivity index (χ0v) is 26.2. The lowest BCUT2D eigenvalue weighted by Gasteiger charge is -2.61. The van der Waals surface area contributed by atoms with Crippen molar-refractivity contribution in [3.05, 3.63) is 57.9 Å². The number of carbonyl (C=O) groups excluding carboxylic acids is 3. The van der Waals surface area contributed by atoms with Gasteiger partial charge in [-0.05, 0) is 112 Å². The predicted octanol–water partition coefficient (Wildman–Crippen LogP) is 9.13. The molecule has 4 atom stereocenters. The summed E-state index contributed by atoms with van der Waals surface area (Å²) in [5.41, 5.74) is 0.671. The van der Waals surface area contributed by atoms with Crippen LogP contribution in [0.3, 0.4) is 0 Å². The maximum Gasteiger partial charge on any atom is 0.184 e. The number of aliphatic hydroxyl groups excluding tert-OH is 1. The Hall–Kier alpha value is -2.49. The zero-order chi connectivity index (χ0) is 29.8. The van der Waals surface area contributed by atoms with Crippen LogP contribution in [-0.2, 0) is 14.4 Å². The van der Waals surface area contributed by atoms with Crippen molar-refractivity contribution in [2.45, 2.75) is 121 Å². The molecule has 4 heteroatoms. The number of aliphatic hydroxyl groups is 1. The van der Waals surface area contributed by atoms with Gasteiger partial charge in [-0.2, -0.15) is 0 Å². The van der Waals surface area contributed by atoms with Crippen molar-refractivity contribution in [3.8, 4) is 0 Å². The molecule has 39 heavy (non-hydrogen) atoms. The summed E-state index contributed by atoms with van der Waals surface area (Å²) in [6.07, 6.45) is 11.8. The van der Waals surface area contributed by atoms with E-state index in [-0.39, 0.29) is 41.7 Å². The molecule has 0 aliphatic heterocycles. The van der Waals surface area contributed by atoms with Gasteiger partial charge in [0.1, 0.15) is 5.76 Å². The molecule has 0 aromatic rings. The highest BCUT2D eigenvalue weighted by Gasteiger charge is 2.75. The molecule has 0 unspecified atom stereocenters. The van der Waals surface area contributed by atoms with Gasteiger partial charge in [0.2, 0.25) is 0 Å². The van der Waals surface area contributed by atoms with Crippen molar-refractivity contribution >= 4 is 17.3 Å². The molecule has 0 heterocycles. The highest BCUT2D eigenvalue weighted by Crippen LogP contribution is 2.67. The second-order valence-electron chi connectivity index (χ2n) is 13.1. The summed E-state index contributed by atoms with van der Waals surface area (Å²) in [5, 5.41) is 11.9. The normalized spacial score (nSPS) is 28.1. The Morgan fingerprint density at radius 2 is 1.46 bits per heavy atom. The van der Waals surface area contributed by atoms with E-state index in [1.807, 2.05) is 81.4 Å². The van der Waals surface area contributed by atoms with E-state index in [0.29, 0.717) is 38.5 Å². The standard InChI is InChI=1S/C35H52O4/c1-11-13-29(36)35-31(38)28(18-16-25(6)7)30(37)34(32(35)39,21-19-26(8)9)22-27(17-15-24(4)5)33(35,10)20-12-14-23(2)3/h14-16,19,27,37H,11-13,17-18,20-22H2,1-10H3/t27-,33+,34-,35-/m1/s1. The van der Waals surface area contributed by atoms with Crippen molar-refractivity contribution in [2.24, 2.45) is 22.2 Å². The van der Waals surface area contributed by atoms with Crippen LogP contribution in [0.5, 0.6) is 0 Å². The van der Waals surface area contributed by atoms with Gasteiger partial charge in [0.05, 0.1) is 5.41 Å². The van der Waals surface area contributed by atoms with E-state index >= 15 is 0 Å². The van der Waals surface area contributed by atoms with Crippen molar-refractivity contribution in [1.82, 2.24) is 0 Å². The average Bonchev–Trinajstić information content (AvgIpc) is 2.82.